The molecule has 0 bridgehead atoms. The third-order valence-corrected chi connectivity index (χ3v) is 3.80. The standard InChI is InChI=1S/C21H24N4O2.HI/c1-2-22-21(25-15-19-9-6-12-26-19)24-14-18-10-11-23-20(13-18)27-16-17-7-4-3-5-8-17;/h3-13H,2,14-16H2,1H3,(H2,22,24,25);1H. The molecule has 0 fully saturated rings. The highest BCUT2D eigenvalue weighted by atomic mass is 127. The first-order chi connectivity index (χ1) is 13.3. The Morgan fingerprint density at radius 3 is 2.68 bits per heavy atom. The molecule has 0 unspecified atom stereocenters. The van der Waals surface area contributed by atoms with Crippen molar-refractivity contribution in [1.82, 2.24) is 15.6 Å². The molecule has 0 amide bonds. The van der Waals surface area contributed by atoms with Gasteiger partial charge in [0.05, 0.1) is 19.4 Å². The van der Waals surface area contributed by atoms with E-state index in [4.69, 9.17) is 9.15 Å². The molecular weight excluding hydrogens is 467 g/mol. The molecule has 0 aliphatic carbocycles. The lowest BCUT2D eigenvalue weighted by Gasteiger charge is -2.10. The molecule has 0 radical (unpaired) electrons. The van der Waals surface area contributed by atoms with Gasteiger partial charge in [0, 0.05) is 18.8 Å². The number of aliphatic imine (C=N–C) groups is 1. The summed E-state index contributed by atoms with van der Waals surface area (Å²) in [5.74, 6) is 2.19. The molecule has 3 rings (SSSR count). The van der Waals surface area contributed by atoms with E-state index >= 15 is 0 Å². The topological polar surface area (TPSA) is 71.7 Å². The summed E-state index contributed by atoms with van der Waals surface area (Å²) in [4.78, 5) is 8.89. The van der Waals surface area contributed by atoms with Crippen molar-refractivity contribution in [3.05, 3.63) is 83.9 Å². The van der Waals surface area contributed by atoms with Gasteiger partial charge in [-0.15, -0.1) is 24.0 Å². The van der Waals surface area contributed by atoms with Crippen molar-refractivity contribution in [3.8, 4) is 5.88 Å². The lowest BCUT2D eigenvalue weighted by Crippen LogP contribution is -2.36. The zero-order chi connectivity index (χ0) is 18.7. The van der Waals surface area contributed by atoms with Crippen molar-refractivity contribution in [2.24, 2.45) is 4.99 Å². The predicted octanol–water partition coefficient (Wildman–Crippen LogP) is 4.13. The van der Waals surface area contributed by atoms with Crippen LogP contribution in [0.4, 0.5) is 0 Å². The molecule has 0 atom stereocenters. The van der Waals surface area contributed by atoms with Gasteiger partial charge in [0.1, 0.15) is 12.4 Å². The number of pyridine rings is 1. The van der Waals surface area contributed by atoms with E-state index < -0.39 is 0 Å². The van der Waals surface area contributed by atoms with E-state index in [0.717, 1.165) is 29.4 Å². The molecule has 0 saturated heterocycles. The van der Waals surface area contributed by atoms with E-state index in [9.17, 15) is 0 Å². The van der Waals surface area contributed by atoms with Crippen LogP contribution in [-0.2, 0) is 19.7 Å². The Morgan fingerprint density at radius 2 is 1.93 bits per heavy atom. The van der Waals surface area contributed by atoms with Crippen molar-refractivity contribution >= 4 is 29.9 Å². The first kappa shape index (κ1) is 21.7. The first-order valence-corrected chi connectivity index (χ1v) is 8.99. The number of nitrogens with zero attached hydrogens (tertiary/aromatic N) is 2. The van der Waals surface area contributed by atoms with Gasteiger partial charge in [-0.05, 0) is 36.2 Å². The van der Waals surface area contributed by atoms with Crippen LogP contribution in [0.5, 0.6) is 5.88 Å². The fourth-order valence-electron chi connectivity index (χ4n) is 2.46. The van der Waals surface area contributed by atoms with Crippen LogP contribution in [0.2, 0.25) is 0 Å². The molecule has 0 aliphatic rings. The highest BCUT2D eigenvalue weighted by Gasteiger charge is 2.02. The fraction of sp³-hybridized carbons (Fsp3) is 0.238. The summed E-state index contributed by atoms with van der Waals surface area (Å²) in [6, 6.07) is 17.7. The van der Waals surface area contributed by atoms with Gasteiger partial charge in [0.2, 0.25) is 5.88 Å². The van der Waals surface area contributed by atoms with Crippen molar-refractivity contribution in [3.63, 3.8) is 0 Å². The highest BCUT2D eigenvalue weighted by Crippen LogP contribution is 2.12. The SMILES string of the molecule is CCNC(=NCc1ccnc(OCc2ccccc2)c1)NCc1ccco1.I. The van der Waals surface area contributed by atoms with Gasteiger partial charge in [-0.3, -0.25) is 0 Å². The Balaban J connectivity index is 0.00000280. The van der Waals surface area contributed by atoms with Crippen LogP contribution < -0.4 is 15.4 Å². The summed E-state index contributed by atoms with van der Waals surface area (Å²) in [7, 11) is 0. The minimum absolute atomic E-state index is 0. The molecule has 0 aliphatic heterocycles. The predicted molar refractivity (Wildman–Crippen MR) is 121 cm³/mol. The number of furan rings is 1. The number of aromatic nitrogens is 1. The van der Waals surface area contributed by atoms with Gasteiger partial charge in [0.15, 0.2) is 5.96 Å². The summed E-state index contributed by atoms with van der Waals surface area (Å²) in [6.07, 6.45) is 3.41. The van der Waals surface area contributed by atoms with E-state index in [1.54, 1.807) is 12.5 Å². The average molecular weight is 492 g/mol. The van der Waals surface area contributed by atoms with Gasteiger partial charge < -0.3 is 19.8 Å². The summed E-state index contributed by atoms with van der Waals surface area (Å²) in [6.45, 7) is 4.42. The summed E-state index contributed by atoms with van der Waals surface area (Å²) in [5, 5.41) is 6.48. The van der Waals surface area contributed by atoms with Gasteiger partial charge in [-0.25, -0.2) is 9.98 Å². The fourth-order valence-corrected chi connectivity index (χ4v) is 2.46. The van der Waals surface area contributed by atoms with Crippen LogP contribution in [0.25, 0.3) is 0 Å². The van der Waals surface area contributed by atoms with Gasteiger partial charge in [-0.1, -0.05) is 30.3 Å². The number of halogens is 1. The van der Waals surface area contributed by atoms with Gasteiger partial charge in [0.25, 0.3) is 0 Å². The molecular formula is C21H25IN4O2. The van der Waals surface area contributed by atoms with E-state index in [1.165, 1.54) is 0 Å². The molecule has 148 valence electrons. The molecule has 7 heteroatoms. The van der Waals surface area contributed by atoms with Crippen LogP contribution in [0.15, 0.2) is 76.5 Å². The number of hydrogen-bond acceptors (Lipinski definition) is 4. The monoisotopic (exact) mass is 492 g/mol. The quantitative estimate of drug-likeness (QED) is 0.281. The molecule has 2 aromatic heterocycles. The molecule has 3 aromatic rings. The molecule has 6 nitrogen and oxygen atoms in total. The maximum atomic E-state index is 5.78. The first-order valence-electron chi connectivity index (χ1n) is 8.99. The molecule has 1 aromatic carbocycles. The minimum Gasteiger partial charge on any atom is -0.473 e. The number of nitrogens with one attached hydrogen (secondary N) is 2. The molecule has 0 saturated carbocycles. The molecule has 2 heterocycles. The van der Waals surface area contributed by atoms with Crippen LogP contribution >= 0.6 is 24.0 Å². The third-order valence-electron chi connectivity index (χ3n) is 3.80. The van der Waals surface area contributed by atoms with Crippen molar-refractivity contribution in [2.75, 3.05) is 6.54 Å². The van der Waals surface area contributed by atoms with Crippen LogP contribution in [0.3, 0.4) is 0 Å². The molecule has 2 N–H and O–H groups in total. The van der Waals surface area contributed by atoms with Crippen LogP contribution in [-0.4, -0.2) is 17.5 Å². The number of guanidine groups is 1. The lowest BCUT2D eigenvalue weighted by molar-refractivity contribution is 0.293. The third kappa shape index (κ3) is 7.22. The minimum atomic E-state index is 0. The van der Waals surface area contributed by atoms with Crippen molar-refractivity contribution in [2.45, 2.75) is 26.6 Å². The van der Waals surface area contributed by atoms with E-state index in [2.05, 4.69) is 20.6 Å². The Morgan fingerprint density at radius 1 is 1.07 bits per heavy atom. The normalized spacial score (nSPS) is 10.8. The number of hydrogen-bond donors (Lipinski definition) is 2. The van der Waals surface area contributed by atoms with E-state index in [0.29, 0.717) is 25.6 Å². The lowest BCUT2D eigenvalue weighted by atomic mass is 10.2. The van der Waals surface area contributed by atoms with Gasteiger partial charge in [-0.2, -0.15) is 0 Å². The molecule has 28 heavy (non-hydrogen) atoms. The van der Waals surface area contributed by atoms with E-state index in [-0.39, 0.29) is 24.0 Å². The number of rotatable bonds is 8. The second-order valence-electron chi connectivity index (χ2n) is 5.90. The second-order valence-corrected chi connectivity index (χ2v) is 5.90. The van der Waals surface area contributed by atoms with Crippen LogP contribution in [0, 0.1) is 0 Å². The number of ether oxygens (including phenoxy) is 1. The number of benzene rings is 1. The average Bonchev–Trinajstić information content (AvgIpc) is 3.23. The largest absolute Gasteiger partial charge is 0.473 e. The zero-order valence-electron chi connectivity index (χ0n) is 15.8. The Kier molecular flexibility index (Phi) is 9.33. The summed E-state index contributed by atoms with van der Waals surface area (Å²) in [5.41, 5.74) is 2.14. The summed E-state index contributed by atoms with van der Waals surface area (Å²) < 4.78 is 11.1. The maximum Gasteiger partial charge on any atom is 0.213 e. The van der Waals surface area contributed by atoms with Gasteiger partial charge >= 0.3 is 0 Å². The second kappa shape index (κ2) is 12.0. The Hall–Kier alpha value is -2.55. The van der Waals surface area contributed by atoms with Crippen molar-refractivity contribution in [1.29, 1.82) is 0 Å². The maximum absolute atomic E-state index is 5.78. The zero-order valence-corrected chi connectivity index (χ0v) is 18.1. The smallest absolute Gasteiger partial charge is 0.213 e. The summed E-state index contributed by atoms with van der Waals surface area (Å²) >= 11 is 0. The highest BCUT2D eigenvalue weighted by molar-refractivity contribution is 14.0. The Bertz CT molecular complexity index is 839. The van der Waals surface area contributed by atoms with Crippen LogP contribution in [0.1, 0.15) is 23.8 Å². The molecule has 0 spiro atoms. The van der Waals surface area contributed by atoms with E-state index in [1.807, 2.05) is 61.5 Å². The van der Waals surface area contributed by atoms with Crippen molar-refractivity contribution < 1.29 is 9.15 Å². The Labute approximate surface area is 182 Å².